The lowest BCUT2D eigenvalue weighted by Crippen LogP contribution is -2.46. The highest BCUT2D eigenvalue weighted by Crippen LogP contribution is 2.26. The zero-order valence-corrected chi connectivity index (χ0v) is 9.95. The van der Waals surface area contributed by atoms with E-state index in [1.807, 2.05) is 14.0 Å². The van der Waals surface area contributed by atoms with Gasteiger partial charge in [-0.05, 0) is 33.4 Å². The number of hydrogen-bond acceptors (Lipinski definition) is 4. The number of nitrogens with zero attached hydrogens (tertiary/aromatic N) is 1. The topological polar surface area (TPSA) is 41.6 Å². The number of nitrogens with one attached hydrogen (secondary N) is 1. The van der Waals surface area contributed by atoms with Crippen LogP contribution in [0.5, 0.6) is 0 Å². The molecule has 0 aliphatic heterocycles. The Balaban J connectivity index is 2.39. The molecule has 0 radical (unpaired) electrons. The summed E-state index contributed by atoms with van der Waals surface area (Å²) in [5.41, 5.74) is 0. The van der Waals surface area contributed by atoms with Crippen molar-refractivity contribution in [1.82, 2.24) is 10.2 Å². The van der Waals surface area contributed by atoms with Crippen LogP contribution in [0.2, 0.25) is 0 Å². The molecule has 1 atom stereocenters. The number of ether oxygens (including phenoxy) is 1. The zero-order valence-electron chi connectivity index (χ0n) is 9.95. The van der Waals surface area contributed by atoms with Gasteiger partial charge in [0.25, 0.3) is 0 Å². The summed E-state index contributed by atoms with van der Waals surface area (Å²) in [6.45, 7) is 6.19. The molecule has 1 unspecified atom stereocenters. The lowest BCUT2D eigenvalue weighted by Gasteiger charge is -2.24. The second-order valence-corrected chi connectivity index (χ2v) is 3.91. The SMILES string of the molecule is CCOC(=O)C(CN(CC)C1CC1)NC. The zero-order chi connectivity index (χ0) is 11.3. The smallest absolute Gasteiger partial charge is 0.324 e. The van der Waals surface area contributed by atoms with Crippen LogP contribution < -0.4 is 5.32 Å². The summed E-state index contributed by atoms with van der Waals surface area (Å²) in [6, 6.07) is 0.505. The molecular formula is C11H22N2O2. The Morgan fingerprint density at radius 1 is 1.53 bits per heavy atom. The van der Waals surface area contributed by atoms with Gasteiger partial charge in [0.2, 0.25) is 0 Å². The molecule has 1 fully saturated rings. The fourth-order valence-electron chi connectivity index (χ4n) is 1.74. The first-order chi connectivity index (χ1) is 7.22. The van der Waals surface area contributed by atoms with E-state index >= 15 is 0 Å². The van der Waals surface area contributed by atoms with Crippen LogP contribution >= 0.6 is 0 Å². The summed E-state index contributed by atoms with van der Waals surface area (Å²) in [7, 11) is 1.81. The highest BCUT2D eigenvalue weighted by molar-refractivity contribution is 5.76. The predicted octanol–water partition coefficient (Wildman–Crippen LogP) is 0.622. The van der Waals surface area contributed by atoms with Crippen LogP contribution in [-0.2, 0) is 9.53 Å². The fraction of sp³-hybridized carbons (Fsp3) is 0.909. The molecule has 1 N–H and O–H groups in total. The van der Waals surface area contributed by atoms with E-state index in [2.05, 4.69) is 17.1 Å². The van der Waals surface area contributed by atoms with Gasteiger partial charge in [-0.25, -0.2) is 0 Å². The Hall–Kier alpha value is -0.610. The monoisotopic (exact) mass is 214 g/mol. The fourth-order valence-corrected chi connectivity index (χ4v) is 1.74. The van der Waals surface area contributed by atoms with Gasteiger partial charge >= 0.3 is 5.97 Å². The van der Waals surface area contributed by atoms with Crippen molar-refractivity contribution in [2.24, 2.45) is 0 Å². The lowest BCUT2D eigenvalue weighted by molar-refractivity contribution is -0.146. The molecule has 4 heteroatoms. The maximum Gasteiger partial charge on any atom is 0.324 e. The number of rotatable bonds is 7. The van der Waals surface area contributed by atoms with Gasteiger partial charge in [-0.2, -0.15) is 0 Å². The Labute approximate surface area is 92.0 Å². The molecule has 4 nitrogen and oxygen atoms in total. The van der Waals surface area contributed by atoms with Crippen molar-refractivity contribution in [3.8, 4) is 0 Å². The highest BCUT2D eigenvalue weighted by atomic mass is 16.5. The van der Waals surface area contributed by atoms with Crippen molar-refractivity contribution in [3.05, 3.63) is 0 Å². The van der Waals surface area contributed by atoms with Crippen LogP contribution in [0.15, 0.2) is 0 Å². The van der Waals surface area contributed by atoms with Crippen LogP contribution in [-0.4, -0.2) is 49.7 Å². The molecule has 1 aliphatic rings. The van der Waals surface area contributed by atoms with Gasteiger partial charge in [-0.1, -0.05) is 6.92 Å². The second kappa shape index (κ2) is 6.08. The Kier molecular flexibility index (Phi) is 5.05. The molecular weight excluding hydrogens is 192 g/mol. The third-order valence-electron chi connectivity index (χ3n) is 2.81. The molecule has 88 valence electrons. The number of carbonyl (C=O) groups is 1. The van der Waals surface area contributed by atoms with Crippen LogP contribution in [0.4, 0.5) is 0 Å². The van der Waals surface area contributed by atoms with Crippen molar-refractivity contribution in [1.29, 1.82) is 0 Å². The summed E-state index contributed by atoms with van der Waals surface area (Å²) < 4.78 is 5.01. The van der Waals surface area contributed by atoms with Gasteiger partial charge in [0, 0.05) is 12.6 Å². The summed E-state index contributed by atoms with van der Waals surface area (Å²) in [6.07, 6.45) is 2.54. The van der Waals surface area contributed by atoms with Crippen molar-refractivity contribution >= 4 is 5.97 Å². The van der Waals surface area contributed by atoms with Crippen molar-refractivity contribution < 1.29 is 9.53 Å². The van der Waals surface area contributed by atoms with Crippen LogP contribution in [0.1, 0.15) is 26.7 Å². The molecule has 0 amide bonds. The summed E-state index contributed by atoms with van der Waals surface area (Å²) in [4.78, 5) is 13.9. The number of carbonyl (C=O) groups excluding carboxylic acids is 1. The van der Waals surface area contributed by atoms with Crippen molar-refractivity contribution in [3.63, 3.8) is 0 Å². The minimum absolute atomic E-state index is 0.140. The lowest BCUT2D eigenvalue weighted by atomic mass is 10.2. The molecule has 0 aromatic carbocycles. The highest BCUT2D eigenvalue weighted by Gasteiger charge is 2.31. The minimum Gasteiger partial charge on any atom is -0.465 e. The van der Waals surface area contributed by atoms with Gasteiger partial charge in [0.15, 0.2) is 0 Å². The van der Waals surface area contributed by atoms with Crippen molar-refractivity contribution in [2.45, 2.75) is 38.8 Å². The van der Waals surface area contributed by atoms with Gasteiger partial charge < -0.3 is 10.1 Å². The molecule has 1 aliphatic carbocycles. The molecule has 0 spiro atoms. The Morgan fingerprint density at radius 2 is 2.20 bits per heavy atom. The van der Waals surface area contributed by atoms with E-state index in [0.717, 1.165) is 13.1 Å². The molecule has 15 heavy (non-hydrogen) atoms. The van der Waals surface area contributed by atoms with E-state index in [9.17, 15) is 4.79 Å². The molecule has 0 aromatic heterocycles. The van der Waals surface area contributed by atoms with Crippen LogP contribution in [0.3, 0.4) is 0 Å². The average Bonchev–Trinajstić information content (AvgIpc) is 3.04. The van der Waals surface area contributed by atoms with E-state index in [1.54, 1.807) is 0 Å². The third-order valence-corrected chi connectivity index (χ3v) is 2.81. The molecule has 0 heterocycles. The Morgan fingerprint density at radius 3 is 2.60 bits per heavy atom. The van der Waals surface area contributed by atoms with Crippen LogP contribution in [0, 0.1) is 0 Å². The second-order valence-electron chi connectivity index (χ2n) is 3.91. The van der Waals surface area contributed by atoms with E-state index in [4.69, 9.17) is 4.74 Å². The van der Waals surface area contributed by atoms with Gasteiger partial charge in [0.1, 0.15) is 6.04 Å². The maximum atomic E-state index is 11.6. The molecule has 1 rings (SSSR count). The van der Waals surface area contributed by atoms with Gasteiger partial charge in [-0.15, -0.1) is 0 Å². The van der Waals surface area contributed by atoms with Gasteiger partial charge in [-0.3, -0.25) is 9.69 Å². The maximum absolute atomic E-state index is 11.6. The number of hydrogen-bond donors (Lipinski definition) is 1. The molecule has 1 saturated carbocycles. The first-order valence-corrected chi connectivity index (χ1v) is 5.80. The first-order valence-electron chi connectivity index (χ1n) is 5.80. The Bertz CT molecular complexity index is 205. The quantitative estimate of drug-likeness (QED) is 0.631. The average molecular weight is 214 g/mol. The third kappa shape index (κ3) is 3.80. The van der Waals surface area contributed by atoms with E-state index < -0.39 is 0 Å². The molecule has 0 bridgehead atoms. The van der Waals surface area contributed by atoms with E-state index in [1.165, 1.54) is 12.8 Å². The normalized spacial score (nSPS) is 17.9. The molecule has 0 aromatic rings. The number of esters is 1. The predicted molar refractivity (Wildman–Crippen MR) is 59.7 cm³/mol. The first kappa shape index (κ1) is 12.5. The largest absolute Gasteiger partial charge is 0.465 e. The van der Waals surface area contributed by atoms with Crippen LogP contribution in [0.25, 0.3) is 0 Å². The summed E-state index contributed by atoms with van der Waals surface area (Å²) in [5, 5.41) is 3.02. The van der Waals surface area contributed by atoms with Crippen molar-refractivity contribution in [2.75, 3.05) is 26.7 Å². The van der Waals surface area contributed by atoms with Gasteiger partial charge in [0.05, 0.1) is 6.61 Å². The van der Waals surface area contributed by atoms with E-state index in [-0.39, 0.29) is 12.0 Å². The van der Waals surface area contributed by atoms with E-state index in [0.29, 0.717) is 12.6 Å². The minimum atomic E-state index is -0.189. The molecule has 0 saturated heterocycles. The summed E-state index contributed by atoms with van der Waals surface area (Å²) in [5.74, 6) is -0.140. The standard InChI is InChI=1S/C11H22N2O2/c1-4-13(9-6-7-9)8-10(12-3)11(14)15-5-2/h9-10,12H,4-8H2,1-3H3. The number of likely N-dealkylation sites (N-methyl/N-ethyl adjacent to an activating group) is 2. The summed E-state index contributed by atoms with van der Waals surface area (Å²) >= 11 is 0.